The fourth-order valence-electron chi connectivity index (χ4n) is 5.45. The Morgan fingerprint density at radius 2 is 1.53 bits per heavy atom. The summed E-state index contributed by atoms with van der Waals surface area (Å²) in [6.45, 7) is 0.00491. The summed E-state index contributed by atoms with van der Waals surface area (Å²) >= 11 is 24.3. The molecule has 0 bridgehead atoms. The molecule has 1 unspecified atom stereocenters. The molecular formula is C32H26Cl4N4O6S. The van der Waals surface area contributed by atoms with Gasteiger partial charge in [0.25, 0.3) is 5.91 Å². The van der Waals surface area contributed by atoms with Crippen LogP contribution in [0.2, 0.25) is 20.1 Å². The Labute approximate surface area is 290 Å². The number of carbonyl (C=O) groups excluding carboxylic acids is 2. The zero-order valence-electron chi connectivity index (χ0n) is 24.2. The third-order valence-corrected chi connectivity index (χ3v) is 10.5. The molecule has 2 amide bonds. The number of hydrogen-bond donors (Lipinski definition) is 3. The number of nitrogens with zero attached hydrogens (tertiary/aromatic N) is 2. The van der Waals surface area contributed by atoms with Crippen molar-refractivity contribution in [2.24, 2.45) is 0 Å². The van der Waals surface area contributed by atoms with E-state index in [1.807, 2.05) is 0 Å². The average Bonchev–Trinajstić information content (AvgIpc) is 3.48. The second-order valence-corrected chi connectivity index (χ2v) is 14.3. The largest absolute Gasteiger partial charge is 0.480 e. The van der Waals surface area contributed by atoms with Crippen molar-refractivity contribution < 1.29 is 27.9 Å². The van der Waals surface area contributed by atoms with Crippen LogP contribution >= 0.6 is 46.4 Å². The summed E-state index contributed by atoms with van der Waals surface area (Å²) in [4.78, 5) is 42.6. The lowest BCUT2D eigenvalue weighted by atomic mass is 9.91. The second-order valence-electron chi connectivity index (χ2n) is 10.7. The molecule has 2 heterocycles. The lowest BCUT2D eigenvalue weighted by molar-refractivity contribution is -0.142. The highest BCUT2D eigenvalue weighted by molar-refractivity contribution is 7.89. The first-order chi connectivity index (χ1) is 22.3. The normalized spacial score (nSPS) is 17.2. The molecule has 47 heavy (non-hydrogen) atoms. The van der Waals surface area contributed by atoms with Gasteiger partial charge >= 0.3 is 5.97 Å². The first-order valence-electron chi connectivity index (χ1n) is 14.1. The second kappa shape index (κ2) is 14.6. The van der Waals surface area contributed by atoms with Crippen LogP contribution in [0.5, 0.6) is 0 Å². The van der Waals surface area contributed by atoms with E-state index in [9.17, 15) is 27.9 Å². The maximum absolute atomic E-state index is 13.9. The van der Waals surface area contributed by atoms with Crippen molar-refractivity contribution in [2.45, 2.75) is 35.7 Å². The maximum atomic E-state index is 13.9. The lowest BCUT2D eigenvalue weighted by Crippen LogP contribution is -2.52. The first kappa shape index (κ1) is 34.6. The third kappa shape index (κ3) is 7.89. The minimum atomic E-state index is -4.27. The molecular weight excluding hydrogens is 710 g/mol. The van der Waals surface area contributed by atoms with Gasteiger partial charge in [0.2, 0.25) is 15.9 Å². The molecule has 0 aliphatic carbocycles. The van der Waals surface area contributed by atoms with Crippen molar-refractivity contribution in [3.05, 3.63) is 122 Å². The molecule has 3 N–H and O–H groups in total. The van der Waals surface area contributed by atoms with E-state index in [1.165, 1.54) is 30.6 Å². The summed E-state index contributed by atoms with van der Waals surface area (Å²) in [6, 6.07) is 16.5. The van der Waals surface area contributed by atoms with Crippen LogP contribution < -0.4 is 10.6 Å². The number of benzene rings is 3. The van der Waals surface area contributed by atoms with E-state index in [4.69, 9.17) is 46.4 Å². The van der Waals surface area contributed by atoms with Crippen molar-refractivity contribution in [3.63, 3.8) is 0 Å². The third-order valence-electron chi connectivity index (χ3n) is 7.64. The Bertz CT molecular complexity index is 1890. The van der Waals surface area contributed by atoms with Crippen LogP contribution in [0.25, 0.3) is 0 Å². The summed E-state index contributed by atoms with van der Waals surface area (Å²) in [7, 11) is -4.27. The fraction of sp³-hybridized carbons (Fsp3) is 0.188. The van der Waals surface area contributed by atoms with Crippen LogP contribution in [0.4, 0.5) is 5.69 Å². The van der Waals surface area contributed by atoms with Gasteiger partial charge in [-0.15, -0.1) is 0 Å². The number of pyridine rings is 1. The highest BCUT2D eigenvalue weighted by Crippen LogP contribution is 2.38. The number of hydrogen-bond acceptors (Lipinski definition) is 6. The molecule has 15 heteroatoms. The van der Waals surface area contributed by atoms with Crippen molar-refractivity contribution in [1.29, 1.82) is 0 Å². The summed E-state index contributed by atoms with van der Waals surface area (Å²) in [6.07, 6.45) is 2.77. The highest BCUT2D eigenvalue weighted by atomic mass is 35.5. The molecule has 3 aromatic carbocycles. The number of amides is 2. The molecule has 1 fully saturated rings. The van der Waals surface area contributed by atoms with Crippen molar-refractivity contribution in [3.8, 4) is 0 Å². The van der Waals surface area contributed by atoms with Crippen LogP contribution in [0.1, 0.15) is 33.8 Å². The van der Waals surface area contributed by atoms with E-state index in [0.29, 0.717) is 17.7 Å². The van der Waals surface area contributed by atoms with Crippen molar-refractivity contribution in [2.75, 3.05) is 11.9 Å². The number of carbonyl (C=O) groups is 3. The Morgan fingerprint density at radius 1 is 0.915 bits per heavy atom. The average molecular weight is 736 g/mol. The Hall–Kier alpha value is -3.71. The van der Waals surface area contributed by atoms with Crippen molar-refractivity contribution in [1.82, 2.24) is 14.6 Å². The molecule has 1 saturated heterocycles. The van der Waals surface area contributed by atoms with Crippen LogP contribution in [-0.2, 0) is 26.0 Å². The molecule has 10 nitrogen and oxygen atoms in total. The van der Waals surface area contributed by atoms with Gasteiger partial charge in [-0.1, -0.05) is 88.9 Å². The fourth-order valence-corrected chi connectivity index (χ4v) is 8.35. The van der Waals surface area contributed by atoms with Gasteiger partial charge in [0.05, 0.1) is 20.5 Å². The molecule has 5 rings (SSSR count). The molecule has 3 atom stereocenters. The van der Waals surface area contributed by atoms with E-state index in [-0.39, 0.29) is 43.5 Å². The Kier molecular flexibility index (Phi) is 10.7. The number of aliphatic carboxylic acids is 1. The minimum Gasteiger partial charge on any atom is -0.480 e. The van der Waals surface area contributed by atoms with Gasteiger partial charge in [-0.05, 0) is 47.9 Å². The van der Waals surface area contributed by atoms with Crippen LogP contribution in [0.15, 0.2) is 90.1 Å². The molecule has 0 spiro atoms. The van der Waals surface area contributed by atoms with Gasteiger partial charge in [0, 0.05) is 47.0 Å². The number of carboxylic acid groups (broad SMARTS) is 1. The number of aromatic nitrogens is 1. The lowest BCUT2D eigenvalue weighted by Gasteiger charge is -2.28. The predicted molar refractivity (Wildman–Crippen MR) is 180 cm³/mol. The van der Waals surface area contributed by atoms with Gasteiger partial charge in [-0.3, -0.25) is 14.6 Å². The van der Waals surface area contributed by atoms with Crippen LogP contribution in [0, 0.1) is 0 Å². The predicted octanol–water partition coefficient (Wildman–Crippen LogP) is 6.31. The minimum absolute atomic E-state index is 0.00491. The number of rotatable bonds is 10. The van der Waals surface area contributed by atoms with Crippen molar-refractivity contribution >= 4 is 79.9 Å². The zero-order chi connectivity index (χ0) is 33.9. The monoisotopic (exact) mass is 734 g/mol. The summed E-state index contributed by atoms with van der Waals surface area (Å²) in [5.74, 6) is -3.20. The first-order valence-corrected chi connectivity index (χ1v) is 17.1. The number of anilines is 1. The Balaban J connectivity index is 1.36. The quantitative estimate of drug-likeness (QED) is 0.173. The number of nitrogens with one attached hydrogen (secondary N) is 2. The van der Waals surface area contributed by atoms with Gasteiger partial charge in [0.1, 0.15) is 12.1 Å². The van der Waals surface area contributed by atoms with E-state index < -0.39 is 45.8 Å². The molecule has 4 aromatic rings. The highest BCUT2D eigenvalue weighted by Gasteiger charge is 2.47. The van der Waals surface area contributed by atoms with E-state index in [0.717, 1.165) is 9.87 Å². The van der Waals surface area contributed by atoms with Crippen LogP contribution in [-0.4, -0.2) is 59.2 Å². The molecule has 1 aliphatic rings. The van der Waals surface area contributed by atoms with Gasteiger partial charge in [-0.2, -0.15) is 4.31 Å². The molecule has 1 aromatic heterocycles. The SMILES string of the molecule is O=C(Nc1ccc(C[C@H](NC(=O)C2[C@@H](c3ccccc3)CCN2S(=O)(=O)c2cc(Cl)cc(Cl)c2)C(=O)O)cc1)c1c(Cl)cncc1Cl. The molecule has 244 valence electrons. The summed E-state index contributed by atoms with van der Waals surface area (Å²) < 4.78 is 28.8. The van der Waals surface area contributed by atoms with E-state index >= 15 is 0 Å². The van der Waals surface area contributed by atoms with Gasteiger partial charge < -0.3 is 15.7 Å². The number of sulfonamides is 1. The van der Waals surface area contributed by atoms with E-state index in [2.05, 4.69) is 15.6 Å². The number of carboxylic acids is 1. The molecule has 0 saturated carbocycles. The smallest absolute Gasteiger partial charge is 0.326 e. The standard InChI is InChI=1S/C32H26Cl4N4O6S/c33-20-13-21(34)15-23(14-20)47(45,46)40-11-10-24(19-4-2-1-3-5-19)29(40)31(42)39-27(32(43)44)12-18-6-8-22(9-7-18)38-30(41)28-25(35)16-37-17-26(28)36/h1-9,13-17,24,27,29H,10-12H2,(H,38,41)(H,39,42)(H,43,44)/t24-,27+,29?/m1/s1. The van der Waals surface area contributed by atoms with Crippen LogP contribution in [0.3, 0.4) is 0 Å². The zero-order valence-corrected chi connectivity index (χ0v) is 28.1. The summed E-state index contributed by atoms with van der Waals surface area (Å²) in [5.41, 5.74) is 1.70. The maximum Gasteiger partial charge on any atom is 0.326 e. The topological polar surface area (TPSA) is 146 Å². The number of halogens is 4. The summed E-state index contributed by atoms with van der Waals surface area (Å²) in [5, 5.41) is 15.7. The van der Waals surface area contributed by atoms with Gasteiger partial charge in [0.15, 0.2) is 0 Å². The van der Waals surface area contributed by atoms with Gasteiger partial charge in [-0.25, -0.2) is 13.2 Å². The molecule has 1 aliphatic heterocycles. The Morgan fingerprint density at radius 3 is 2.13 bits per heavy atom. The van der Waals surface area contributed by atoms with E-state index in [1.54, 1.807) is 54.6 Å². The molecule has 0 radical (unpaired) electrons.